The minimum atomic E-state index is -0.904. The largest absolute Gasteiger partial charge is 0.391 e. The van der Waals surface area contributed by atoms with Crippen LogP contribution in [0.2, 0.25) is 0 Å². The number of rotatable bonds is 13. The van der Waals surface area contributed by atoms with E-state index in [4.69, 9.17) is 4.74 Å². The lowest BCUT2D eigenvalue weighted by Crippen LogP contribution is -2.16. The quantitative estimate of drug-likeness (QED) is 0.274. The second-order valence-corrected chi connectivity index (χ2v) is 7.58. The summed E-state index contributed by atoms with van der Waals surface area (Å²) in [6.07, 6.45) is 4.54. The van der Waals surface area contributed by atoms with E-state index < -0.39 is 36.4 Å². The van der Waals surface area contributed by atoms with Crippen LogP contribution >= 0.6 is 0 Å². The number of hydrogen-bond acceptors (Lipinski definition) is 8. The predicted octanol–water partition coefficient (Wildman–Crippen LogP) is 2.47. The van der Waals surface area contributed by atoms with Crippen molar-refractivity contribution < 1.29 is 38.6 Å². The summed E-state index contributed by atoms with van der Waals surface area (Å²) >= 11 is 0. The number of carbonyl (C=O) groups is 5. The molecule has 0 aliphatic carbocycles. The number of esters is 4. The summed E-state index contributed by atoms with van der Waals surface area (Å²) in [4.78, 5) is 60.8. The van der Waals surface area contributed by atoms with Gasteiger partial charge >= 0.3 is 23.9 Å². The lowest BCUT2D eigenvalue weighted by atomic mass is 9.83. The van der Waals surface area contributed by atoms with Gasteiger partial charge in [-0.15, -0.1) is 0 Å². The zero-order valence-electron chi connectivity index (χ0n) is 17.5. The molecule has 164 valence electrons. The van der Waals surface area contributed by atoms with E-state index in [1.165, 1.54) is 0 Å². The minimum Gasteiger partial charge on any atom is -0.391 e. The number of cyclic esters (lactones) is 4. The molecule has 0 bridgehead atoms. The topological polar surface area (TPSA) is 124 Å². The van der Waals surface area contributed by atoms with E-state index in [1.807, 2.05) is 13.8 Å². The summed E-state index contributed by atoms with van der Waals surface area (Å²) in [6, 6.07) is 0. The molecule has 2 aliphatic heterocycles. The van der Waals surface area contributed by atoms with E-state index in [-0.39, 0.29) is 40.9 Å². The number of Topliss-reactive ketones (excluding diaryl/α,β-unsaturated/α-hetero) is 1. The normalized spacial score (nSPS) is 17.7. The molecule has 2 heterocycles. The molecule has 0 saturated carbocycles. The molecule has 0 aromatic rings. The zero-order valence-corrected chi connectivity index (χ0v) is 17.5. The maximum absolute atomic E-state index is 12.5. The highest BCUT2D eigenvalue weighted by Gasteiger charge is 2.41. The van der Waals surface area contributed by atoms with Gasteiger partial charge < -0.3 is 14.6 Å². The first-order valence-electron chi connectivity index (χ1n) is 10.4. The van der Waals surface area contributed by atoms with Crippen molar-refractivity contribution in [2.45, 2.75) is 71.6 Å². The highest BCUT2D eigenvalue weighted by atomic mass is 16.6. The Morgan fingerprint density at radius 2 is 1.43 bits per heavy atom. The Kier molecular flexibility index (Phi) is 8.65. The van der Waals surface area contributed by atoms with Crippen LogP contribution in [0.4, 0.5) is 0 Å². The molecule has 0 fully saturated rings. The fourth-order valence-electron chi connectivity index (χ4n) is 3.73. The van der Waals surface area contributed by atoms with Gasteiger partial charge in [0.15, 0.2) is 0 Å². The number of aliphatic hydroxyl groups excluding tert-OH is 1. The zero-order chi connectivity index (χ0) is 22.3. The maximum atomic E-state index is 12.5. The van der Waals surface area contributed by atoms with Gasteiger partial charge in [-0.1, -0.05) is 39.5 Å². The Morgan fingerprint density at radius 3 is 2.07 bits per heavy atom. The number of ether oxygens (including phenoxy) is 2. The van der Waals surface area contributed by atoms with Gasteiger partial charge in [-0.3, -0.25) is 4.79 Å². The third-order valence-electron chi connectivity index (χ3n) is 5.38. The maximum Gasteiger partial charge on any atom is 0.344 e. The minimum absolute atomic E-state index is 0.000284. The molecule has 1 atom stereocenters. The Morgan fingerprint density at radius 1 is 0.833 bits per heavy atom. The van der Waals surface area contributed by atoms with Crippen LogP contribution in [0.15, 0.2) is 22.3 Å². The number of unbranched alkanes of at least 4 members (excludes halogenated alkanes) is 3. The van der Waals surface area contributed by atoms with E-state index in [0.29, 0.717) is 25.7 Å². The van der Waals surface area contributed by atoms with E-state index in [9.17, 15) is 29.1 Å². The highest BCUT2D eigenvalue weighted by Crippen LogP contribution is 2.36. The molecular weight excluding hydrogens is 392 g/mol. The Balaban J connectivity index is 2.39. The molecule has 1 N–H and O–H groups in total. The van der Waals surface area contributed by atoms with Gasteiger partial charge in [0, 0.05) is 12.8 Å². The first-order valence-corrected chi connectivity index (χ1v) is 10.4. The third kappa shape index (κ3) is 5.50. The highest BCUT2D eigenvalue weighted by molar-refractivity contribution is 6.15. The van der Waals surface area contributed by atoms with Gasteiger partial charge in [-0.25, -0.2) is 19.2 Å². The summed E-state index contributed by atoms with van der Waals surface area (Å²) in [6.45, 7) is 3.30. The Bertz CT molecular complexity index is 802. The van der Waals surface area contributed by atoms with Crippen LogP contribution in [0.1, 0.15) is 71.6 Å². The molecule has 0 spiro atoms. The molecule has 8 heteroatoms. The van der Waals surface area contributed by atoms with Gasteiger partial charge in [0.1, 0.15) is 5.78 Å². The second kappa shape index (κ2) is 11.0. The fourth-order valence-corrected chi connectivity index (χ4v) is 3.73. The van der Waals surface area contributed by atoms with E-state index >= 15 is 0 Å². The number of aliphatic hydroxyl groups is 1. The first-order chi connectivity index (χ1) is 14.3. The standard InChI is InChI=1S/C22H28O8/c1-3-5-7-8-13(10-15-17(12-23)21(27)29-19(15)25)18-16(20(26)30-22(18)28)11-14(24)9-6-4-2/h13,23H,3-12H2,1-2H3/t13-/m1/s1. The molecular formula is C22H28O8. The third-order valence-corrected chi connectivity index (χ3v) is 5.38. The molecule has 0 amide bonds. The number of hydrogen-bond donors (Lipinski definition) is 1. The first kappa shape index (κ1) is 23.7. The van der Waals surface area contributed by atoms with Gasteiger partial charge in [0.25, 0.3) is 0 Å². The van der Waals surface area contributed by atoms with Crippen LogP contribution < -0.4 is 0 Å². The van der Waals surface area contributed by atoms with Crippen molar-refractivity contribution in [3.05, 3.63) is 22.3 Å². The second-order valence-electron chi connectivity index (χ2n) is 7.58. The van der Waals surface area contributed by atoms with Gasteiger partial charge in [0.2, 0.25) is 0 Å². The summed E-state index contributed by atoms with van der Waals surface area (Å²) < 4.78 is 9.38. The van der Waals surface area contributed by atoms with Crippen LogP contribution in [0.3, 0.4) is 0 Å². The molecule has 0 aromatic heterocycles. The molecule has 0 radical (unpaired) electrons. The summed E-state index contributed by atoms with van der Waals surface area (Å²) in [5.41, 5.74) is -0.0102. The van der Waals surface area contributed by atoms with Gasteiger partial charge in [-0.2, -0.15) is 0 Å². The summed E-state index contributed by atoms with van der Waals surface area (Å²) in [7, 11) is 0. The van der Waals surface area contributed by atoms with Crippen molar-refractivity contribution in [3.8, 4) is 0 Å². The summed E-state index contributed by atoms with van der Waals surface area (Å²) in [5, 5.41) is 9.45. The van der Waals surface area contributed by atoms with E-state index in [2.05, 4.69) is 4.74 Å². The molecule has 2 aliphatic rings. The van der Waals surface area contributed by atoms with E-state index in [0.717, 1.165) is 19.3 Å². The van der Waals surface area contributed by atoms with Crippen molar-refractivity contribution in [2.24, 2.45) is 5.92 Å². The van der Waals surface area contributed by atoms with Crippen molar-refractivity contribution in [2.75, 3.05) is 6.61 Å². The number of ketones is 1. The van der Waals surface area contributed by atoms with E-state index in [1.54, 1.807) is 0 Å². The Labute approximate surface area is 175 Å². The van der Waals surface area contributed by atoms with Crippen LogP contribution in [-0.4, -0.2) is 41.4 Å². The number of carbonyl (C=O) groups excluding carboxylic acids is 5. The van der Waals surface area contributed by atoms with Crippen molar-refractivity contribution in [1.82, 2.24) is 0 Å². The molecule has 0 unspecified atom stereocenters. The average molecular weight is 420 g/mol. The van der Waals surface area contributed by atoms with Crippen molar-refractivity contribution in [1.29, 1.82) is 0 Å². The molecule has 2 rings (SSSR count). The smallest absolute Gasteiger partial charge is 0.344 e. The van der Waals surface area contributed by atoms with Crippen LogP contribution in [0.25, 0.3) is 0 Å². The van der Waals surface area contributed by atoms with Crippen LogP contribution in [0.5, 0.6) is 0 Å². The lowest BCUT2D eigenvalue weighted by molar-refractivity contribution is -0.153. The Hall–Kier alpha value is -2.61. The van der Waals surface area contributed by atoms with Gasteiger partial charge in [0.05, 0.1) is 28.9 Å². The van der Waals surface area contributed by atoms with Crippen molar-refractivity contribution >= 4 is 29.7 Å². The average Bonchev–Trinajstić information content (AvgIpc) is 3.13. The molecule has 0 saturated heterocycles. The predicted molar refractivity (Wildman–Crippen MR) is 105 cm³/mol. The van der Waals surface area contributed by atoms with Crippen molar-refractivity contribution in [3.63, 3.8) is 0 Å². The fraction of sp³-hybridized carbons (Fsp3) is 0.591. The van der Waals surface area contributed by atoms with Gasteiger partial charge in [-0.05, 0) is 25.2 Å². The summed E-state index contributed by atoms with van der Waals surface area (Å²) in [5.74, 6) is -4.17. The molecule has 30 heavy (non-hydrogen) atoms. The lowest BCUT2D eigenvalue weighted by Gasteiger charge is -2.17. The van der Waals surface area contributed by atoms with Crippen LogP contribution in [-0.2, 0) is 33.4 Å². The molecule has 8 nitrogen and oxygen atoms in total. The monoisotopic (exact) mass is 420 g/mol. The SMILES string of the molecule is CCCCC[C@H](CC1=C(CO)C(=O)OC1=O)C1=C(CC(=O)CCCC)C(=O)OC1=O. The molecule has 0 aromatic carbocycles. The van der Waals surface area contributed by atoms with Crippen LogP contribution in [0, 0.1) is 5.92 Å².